The standard InChI is InChI=1S/C7H17NO3/c1-3-6(11)8-7(2,4-9)5-10/h6,8-11H,3-5H2,1-2H3. The maximum atomic E-state index is 9.12. The highest BCUT2D eigenvalue weighted by Crippen LogP contribution is 2.02. The molecule has 0 fully saturated rings. The summed E-state index contributed by atoms with van der Waals surface area (Å²) in [4.78, 5) is 0. The molecule has 0 radical (unpaired) electrons. The van der Waals surface area contributed by atoms with E-state index in [0.29, 0.717) is 6.42 Å². The largest absolute Gasteiger partial charge is 0.394 e. The molecule has 4 nitrogen and oxygen atoms in total. The summed E-state index contributed by atoms with van der Waals surface area (Å²) in [7, 11) is 0. The van der Waals surface area contributed by atoms with Gasteiger partial charge in [0.15, 0.2) is 0 Å². The summed E-state index contributed by atoms with van der Waals surface area (Å²) >= 11 is 0. The molecule has 11 heavy (non-hydrogen) atoms. The molecule has 0 rings (SSSR count). The summed E-state index contributed by atoms with van der Waals surface area (Å²) in [6, 6.07) is 0. The predicted molar refractivity (Wildman–Crippen MR) is 42.0 cm³/mol. The molecule has 1 atom stereocenters. The first-order valence-electron chi connectivity index (χ1n) is 3.75. The number of aliphatic hydroxyl groups is 3. The molecular formula is C7H17NO3. The van der Waals surface area contributed by atoms with Crippen molar-refractivity contribution in [1.82, 2.24) is 5.32 Å². The van der Waals surface area contributed by atoms with Gasteiger partial charge in [0.25, 0.3) is 0 Å². The summed E-state index contributed by atoms with van der Waals surface area (Å²) in [5, 5.41) is 29.4. The summed E-state index contributed by atoms with van der Waals surface area (Å²) in [6.45, 7) is 3.07. The molecule has 0 amide bonds. The first-order chi connectivity index (χ1) is 5.08. The molecule has 0 saturated heterocycles. The minimum absolute atomic E-state index is 0.194. The Morgan fingerprint density at radius 3 is 2.09 bits per heavy atom. The van der Waals surface area contributed by atoms with E-state index in [1.807, 2.05) is 6.92 Å². The third kappa shape index (κ3) is 3.67. The molecule has 4 N–H and O–H groups in total. The van der Waals surface area contributed by atoms with Gasteiger partial charge in [-0.15, -0.1) is 0 Å². The molecular weight excluding hydrogens is 146 g/mol. The molecule has 0 aromatic rings. The van der Waals surface area contributed by atoms with Crippen LogP contribution in [0.3, 0.4) is 0 Å². The third-order valence-electron chi connectivity index (χ3n) is 1.60. The molecule has 0 aliphatic carbocycles. The monoisotopic (exact) mass is 163 g/mol. The van der Waals surface area contributed by atoms with Crippen LogP contribution in [0.1, 0.15) is 20.3 Å². The fourth-order valence-corrected chi connectivity index (χ4v) is 0.646. The van der Waals surface area contributed by atoms with Crippen molar-refractivity contribution in [2.75, 3.05) is 13.2 Å². The van der Waals surface area contributed by atoms with Crippen LogP contribution in [0, 0.1) is 0 Å². The maximum Gasteiger partial charge on any atom is 0.105 e. The Labute approximate surface area is 66.9 Å². The third-order valence-corrected chi connectivity index (χ3v) is 1.60. The van der Waals surface area contributed by atoms with Gasteiger partial charge in [-0.25, -0.2) is 0 Å². The molecule has 68 valence electrons. The Balaban J connectivity index is 3.86. The summed E-state index contributed by atoms with van der Waals surface area (Å²) in [6.07, 6.45) is -0.116. The highest BCUT2D eigenvalue weighted by Gasteiger charge is 2.23. The van der Waals surface area contributed by atoms with Gasteiger partial charge >= 0.3 is 0 Å². The van der Waals surface area contributed by atoms with Crippen molar-refractivity contribution < 1.29 is 15.3 Å². The van der Waals surface area contributed by atoms with Crippen LogP contribution in [0.4, 0.5) is 0 Å². The van der Waals surface area contributed by atoms with Crippen molar-refractivity contribution in [3.63, 3.8) is 0 Å². The van der Waals surface area contributed by atoms with Gasteiger partial charge in [0.1, 0.15) is 6.23 Å². The van der Waals surface area contributed by atoms with Crippen LogP contribution in [-0.4, -0.2) is 40.3 Å². The fourth-order valence-electron chi connectivity index (χ4n) is 0.646. The average molecular weight is 163 g/mol. The Bertz CT molecular complexity index is 104. The lowest BCUT2D eigenvalue weighted by atomic mass is 10.1. The minimum Gasteiger partial charge on any atom is -0.394 e. The van der Waals surface area contributed by atoms with E-state index in [9.17, 15) is 0 Å². The summed E-state index contributed by atoms with van der Waals surface area (Å²) < 4.78 is 0. The quantitative estimate of drug-likeness (QED) is 0.394. The van der Waals surface area contributed by atoms with Crippen LogP contribution >= 0.6 is 0 Å². The van der Waals surface area contributed by atoms with Crippen LogP contribution in [0.2, 0.25) is 0 Å². The molecule has 1 unspecified atom stereocenters. The van der Waals surface area contributed by atoms with Crippen LogP contribution in [-0.2, 0) is 0 Å². The Morgan fingerprint density at radius 1 is 1.36 bits per heavy atom. The molecule has 0 aromatic heterocycles. The van der Waals surface area contributed by atoms with E-state index >= 15 is 0 Å². The Hall–Kier alpha value is -0.160. The number of aliphatic hydroxyl groups excluding tert-OH is 3. The van der Waals surface area contributed by atoms with E-state index in [-0.39, 0.29) is 13.2 Å². The number of rotatable bonds is 5. The highest BCUT2D eigenvalue weighted by atomic mass is 16.3. The SMILES string of the molecule is CCC(O)NC(C)(CO)CO. The van der Waals surface area contributed by atoms with Gasteiger partial charge in [0, 0.05) is 0 Å². The van der Waals surface area contributed by atoms with Crippen molar-refractivity contribution in [3.05, 3.63) is 0 Å². The minimum atomic E-state index is -0.782. The Kier molecular flexibility index (Phi) is 4.60. The fraction of sp³-hybridized carbons (Fsp3) is 1.00. The zero-order chi connectivity index (χ0) is 8.91. The molecule has 4 heteroatoms. The molecule has 0 aliphatic rings. The molecule has 0 aromatic carbocycles. The first kappa shape index (κ1) is 10.8. The Morgan fingerprint density at radius 2 is 1.82 bits per heavy atom. The second-order valence-electron chi connectivity index (χ2n) is 2.95. The lowest BCUT2D eigenvalue weighted by molar-refractivity contribution is 0.0337. The molecule has 0 heterocycles. The molecule has 0 saturated carbocycles. The van der Waals surface area contributed by atoms with E-state index in [1.165, 1.54) is 0 Å². The van der Waals surface area contributed by atoms with E-state index in [2.05, 4.69) is 5.32 Å². The van der Waals surface area contributed by atoms with Crippen LogP contribution in [0.25, 0.3) is 0 Å². The van der Waals surface area contributed by atoms with Crippen molar-refractivity contribution >= 4 is 0 Å². The number of nitrogens with one attached hydrogen (secondary N) is 1. The van der Waals surface area contributed by atoms with Crippen molar-refractivity contribution in [3.8, 4) is 0 Å². The van der Waals surface area contributed by atoms with Crippen molar-refractivity contribution in [2.45, 2.75) is 32.0 Å². The van der Waals surface area contributed by atoms with E-state index in [0.717, 1.165) is 0 Å². The first-order valence-corrected chi connectivity index (χ1v) is 3.75. The van der Waals surface area contributed by atoms with Gasteiger partial charge in [-0.3, -0.25) is 5.32 Å². The van der Waals surface area contributed by atoms with Crippen LogP contribution in [0.5, 0.6) is 0 Å². The van der Waals surface area contributed by atoms with E-state index in [1.54, 1.807) is 6.92 Å². The average Bonchev–Trinajstić information content (AvgIpc) is 2.04. The smallest absolute Gasteiger partial charge is 0.105 e. The second-order valence-corrected chi connectivity index (χ2v) is 2.95. The highest BCUT2D eigenvalue weighted by molar-refractivity contribution is 4.81. The lowest BCUT2D eigenvalue weighted by Gasteiger charge is -2.28. The summed E-state index contributed by atoms with van der Waals surface area (Å²) in [5.41, 5.74) is -0.782. The molecule has 0 aliphatic heterocycles. The van der Waals surface area contributed by atoms with Crippen LogP contribution in [0.15, 0.2) is 0 Å². The second kappa shape index (κ2) is 4.66. The van der Waals surface area contributed by atoms with Gasteiger partial charge in [-0.1, -0.05) is 6.92 Å². The topological polar surface area (TPSA) is 72.7 Å². The molecule has 0 bridgehead atoms. The maximum absolute atomic E-state index is 9.12. The van der Waals surface area contributed by atoms with E-state index in [4.69, 9.17) is 15.3 Å². The zero-order valence-electron chi connectivity index (χ0n) is 7.04. The van der Waals surface area contributed by atoms with Gasteiger partial charge in [0.05, 0.1) is 18.8 Å². The van der Waals surface area contributed by atoms with Gasteiger partial charge < -0.3 is 15.3 Å². The number of hydrogen-bond donors (Lipinski definition) is 4. The van der Waals surface area contributed by atoms with Crippen molar-refractivity contribution in [1.29, 1.82) is 0 Å². The van der Waals surface area contributed by atoms with Gasteiger partial charge in [-0.05, 0) is 13.3 Å². The van der Waals surface area contributed by atoms with Gasteiger partial charge in [0.2, 0.25) is 0 Å². The summed E-state index contributed by atoms with van der Waals surface area (Å²) in [5.74, 6) is 0. The van der Waals surface area contributed by atoms with E-state index < -0.39 is 11.8 Å². The zero-order valence-corrected chi connectivity index (χ0v) is 7.04. The lowest BCUT2D eigenvalue weighted by Crippen LogP contribution is -2.53. The number of hydrogen-bond acceptors (Lipinski definition) is 4. The molecule has 0 spiro atoms. The normalized spacial score (nSPS) is 15.0. The predicted octanol–water partition coefficient (Wildman–Crippen LogP) is -0.952. The van der Waals surface area contributed by atoms with Gasteiger partial charge in [-0.2, -0.15) is 0 Å². The van der Waals surface area contributed by atoms with Crippen LogP contribution < -0.4 is 5.32 Å². The van der Waals surface area contributed by atoms with Crippen molar-refractivity contribution in [2.24, 2.45) is 0 Å².